The number of hydrogen-bond acceptors (Lipinski definition) is 2. The van der Waals surface area contributed by atoms with Gasteiger partial charge in [0.15, 0.2) is 0 Å². The number of aromatic nitrogens is 1. The first kappa shape index (κ1) is 13.3. The molecule has 21 heavy (non-hydrogen) atoms. The number of hydrogen-bond donors (Lipinski definition) is 1. The molecule has 1 aromatic carbocycles. The number of halogens is 1. The summed E-state index contributed by atoms with van der Waals surface area (Å²) in [5.74, 6) is 0.726. The lowest BCUT2D eigenvalue weighted by atomic mass is 10.1. The number of H-pyrrole nitrogens is 1. The third kappa shape index (κ3) is 2.36. The molecule has 3 nitrogen and oxygen atoms in total. The van der Waals surface area contributed by atoms with Gasteiger partial charge in [0.05, 0.1) is 0 Å². The van der Waals surface area contributed by atoms with E-state index in [1.54, 1.807) is 6.07 Å². The molecule has 0 bridgehead atoms. The Morgan fingerprint density at radius 2 is 2.14 bits per heavy atom. The highest BCUT2D eigenvalue weighted by Crippen LogP contribution is 2.28. The number of nitrogens with zero attached hydrogens (tertiary/aromatic N) is 2. The molecule has 2 saturated heterocycles. The fourth-order valence-corrected chi connectivity index (χ4v) is 4.06. The van der Waals surface area contributed by atoms with Crippen molar-refractivity contribution < 1.29 is 4.39 Å². The van der Waals surface area contributed by atoms with Gasteiger partial charge in [0, 0.05) is 61.4 Å². The van der Waals surface area contributed by atoms with E-state index in [9.17, 15) is 4.39 Å². The topological polar surface area (TPSA) is 22.3 Å². The number of nitrogens with one attached hydrogen (secondary N) is 1. The lowest BCUT2D eigenvalue weighted by Crippen LogP contribution is -2.49. The van der Waals surface area contributed by atoms with Crippen LogP contribution in [-0.2, 0) is 6.54 Å². The Bertz CT molecular complexity index is 651. The maximum atomic E-state index is 14.2. The van der Waals surface area contributed by atoms with Crippen molar-refractivity contribution in [3.8, 4) is 0 Å². The van der Waals surface area contributed by atoms with Crippen LogP contribution in [0.25, 0.3) is 10.9 Å². The van der Waals surface area contributed by atoms with Gasteiger partial charge in [-0.05, 0) is 30.5 Å². The first-order valence-corrected chi connectivity index (χ1v) is 7.91. The largest absolute Gasteiger partial charge is 0.361 e. The monoisotopic (exact) mass is 287 g/mol. The smallest absolute Gasteiger partial charge is 0.128 e. The van der Waals surface area contributed by atoms with Crippen molar-refractivity contribution in [1.82, 2.24) is 14.8 Å². The van der Waals surface area contributed by atoms with E-state index < -0.39 is 0 Å². The first-order valence-electron chi connectivity index (χ1n) is 7.91. The van der Waals surface area contributed by atoms with Crippen LogP contribution in [0.5, 0.6) is 0 Å². The molecule has 112 valence electrons. The molecular weight excluding hydrogens is 265 g/mol. The molecule has 2 aliphatic heterocycles. The van der Waals surface area contributed by atoms with Gasteiger partial charge in [-0.25, -0.2) is 4.39 Å². The maximum Gasteiger partial charge on any atom is 0.128 e. The zero-order chi connectivity index (χ0) is 14.4. The minimum atomic E-state index is -0.0793. The molecule has 2 fully saturated rings. The third-order valence-corrected chi connectivity index (χ3v) is 5.08. The van der Waals surface area contributed by atoms with Crippen molar-refractivity contribution >= 4 is 10.9 Å². The van der Waals surface area contributed by atoms with E-state index in [1.165, 1.54) is 13.0 Å². The average Bonchev–Trinajstić information content (AvgIpc) is 3.06. The van der Waals surface area contributed by atoms with Crippen LogP contribution in [-0.4, -0.2) is 47.0 Å². The molecule has 0 radical (unpaired) electrons. The Kier molecular flexibility index (Phi) is 3.23. The highest BCUT2D eigenvalue weighted by molar-refractivity contribution is 5.83. The number of aromatic amines is 1. The maximum absolute atomic E-state index is 14.2. The van der Waals surface area contributed by atoms with Gasteiger partial charge in [-0.1, -0.05) is 6.92 Å². The van der Waals surface area contributed by atoms with Crippen molar-refractivity contribution in [3.63, 3.8) is 0 Å². The molecule has 0 aliphatic carbocycles. The van der Waals surface area contributed by atoms with E-state index in [4.69, 9.17) is 0 Å². The molecule has 0 saturated carbocycles. The Morgan fingerprint density at radius 1 is 1.24 bits per heavy atom. The molecule has 3 heterocycles. The second kappa shape index (κ2) is 5.11. The van der Waals surface area contributed by atoms with E-state index in [0.29, 0.717) is 6.04 Å². The number of piperazine rings is 1. The number of rotatable bonds is 2. The third-order valence-electron chi connectivity index (χ3n) is 5.08. The van der Waals surface area contributed by atoms with Gasteiger partial charge in [0.2, 0.25) is 0 Å². The minimum absolute atomic E-state index is 0.0793. The van der Waals surface area contributed by atoms with Crippen LogP contribution in [0.15, 0.2) is 24.4 Å². The van der Waals surface area contributed by atoms with Crippen LogP contribution in [0.3, 0.4) is 0 Å². The Labute approximate surface area is 124 Å². The Morgan fingerprint density at radius 3 is 3.05 bits per heavy atom. The molecule has 2 atom stereocenters. The van der Waals surface area contributed by atoms with Crippen molar-refractivity contribution in [2.45, 2.75) is 25.9 Å². The quantitative estimate of drug-likeness (QED) is 0.917. The highest BCUT2D eigenvalue weighted by Gasteiger charge is 2.34. The van der Waals surface area contributed by atoms with E-state index in [0.717, 1.165) is 48.6 Å². The standard InChI is InChI=1S/C17H22FN3/c1-12-8-13-10-20(6-7-21(13)9-12)11-15-14-4-5-19-17(14)3-2-16(15)18/h2-5,12-13,19H,6-11H2,1H3. The molecular formula is C17H22FN3. The second-order valence-corrected chi connectivity index (χ2v) is 6.69. The van der Waals surface area contributed by atoms with E-state index in [2.05, 4.69) is 21.7 Å². The summed E-state index contributed by atoms with van der Waals surface area (Å²) >= 11 is 0. The van der Waals surface area contributed by atoms with Crippen LogP contribution in [0.2, 0.25) is 0 Å². The van der Waals surface area contributed by atoms with Crippen molar-refractivity contribution in [2.24, 2.45) is 5.92 Å². The van der Waals surface area contributed by atoms with Gasteiger partial charge in [-0.3, -0.25) is 9.80 Å². The molecule has 2 unspecified atom stereocenters. The molecule has 0 amide bonds. The molecule has 2 aliphatic rings. The van der Waals surface area contributed by atoms with Gasteiger partial charge in [-0.2, -0.15) is 0 Å². The van der Waals surface area contributed by atoms with E-state index >= 15 is 0 Å². The summed E-state index contributed by atoms with van der Waals surface area (Å²) in [6.45, 7) is 7.54. The summed E-state index contributed by atoms with van der Waals surface area (Å²) in [6, 6.07) is 6.07. The highest BCUT2D eigenvalue weighted by atomic mass is 19.1. The average molecular weight is 287 g/mol. The summed E-state index contributed by atoms with van der Waals surface area (Å²) in [5, 5.41) is 1.03. The number of benzene rings is 1. The minimum Gasteiger partial charge on any atom is -0.361 e. The predicted octanol–water partition coefficient (Wildman–Crippen LogP) is 2.83. The molecule has 2 aromatic rings. The lowest BCUT2D eigenvalue weighted by molar-refractivity contribution is 0.0986. The molecule has 0 spiro atoms. The number of fused-ring (bicyclic) bond motifs is 2. The zero-order valence-electron chi connectivity index (χ0n) is 12.5. The zero-order valence-corrected chi connectivity index (χ0v) is 12.5. The predicted molar refractivity (Wildman–Crippen MR) is 82.7 cm³/mol. The molecule has 1 N–H and O–H groups in total. The summed E-state index contributed by atoms with van der Waals surface area (Å²) in [5.41, 5.74) is 1.87. The van der Waals surface area contributed by atoms with Gasteiger partial charge >= 0.3 is 0 Å². The first-order chi connectivity index (χ1) is 10.2. The molecule has 1 aromatic heterocycles. The van der Waals surface area contributed by atoms with Crippen molar-refractivity contribution in [2.75, 3.05) is 26.2 Å². The van der Waals surface area contributed by atoms with Crippen LogP contribution < -0.4 is 0 Å². The van der Waals surface area contributed by atoms with Gasteiger partial charge < -0.3 is 4.98 Å². The fourth-order valence-electron chi connectivity index (χ4n) is 4.06. The van der Waals surface area contributed by atoms with Crippen LogP contribution in [0.1, 0.15) is 18.9 Å². The Balaban J connectivity index is 1.55. The molecule has 4 heteroatoms. The van der Waals surface area contributed by atoms with Gasteiger partial charge in [0.25, 0.3) is 0 Å². The summed E-state index contributed by atoms with van der Waals surface area (Å²) < 4.78 is 14.2. The summed E-state index contributed by atoms with van der Waals surface area (Å²) in [4.78, 5) is 8.20. The summed E-state index contributed by atoms with van der Waals surface area (Å²) in [7, 11) is 0. The Hall–Kier alpha value is -1.39. The van der Waals surface area contributed by atoms with Crippen LogP contribution >= 0.6 is 0 Å². The van der Waals surface area contributed by atoms with Crippen LogP contribution in [0, 0.1) is 11.7 Å². The van der Waals surface area contributed by atoms with E-state index in [-0.39, 0.29) is 5.82 Å². The normalized spacial score (nSPS) is 27.3. The van der Waals surface area contributed by atoms with Gasteiger partial charge in [-0.15, -0.1) is 0 Å². The molecule has 4 rings (SSSR count). The van der Waals surface area contributed by atoms with Crippen molar-refractivity contribution in [1.29, 1.82) is 0 Å². The van der Waals surface area contributed by atoms with Crippen LogP contribution in [0.4, 0.5) is 4.39 Å². The van der Waals surface area contributed by atoms with Gasteiger partial charge in [0.1, 0.15) is 5.82 Å². The fraction of sp³-hybridized carbons (Fsp3) is 0.529. The van der Waals surface area contributed by atoms with Crippen molar-refractivity contribution in [3.05, 3.63) is 35.8 Å². The summed E-state index contributed by atoms with van der Waals surface area (Å²) in [6.07, 6.45) is 3.18. The SMILES string of the molecule is CC1CC2CN(Cc3c(F)ccc4[nH]ccc34)CCN2C1. The van der Waals surface area contributed by atoms with E-state index in [1.807, 2.05) is 18.3 Å². The lowest BCUT2D eigenvalue weighted by Gasteiger charge is -2.37. The second-order valence-electron chi connectivity index (χ2n) is 6.69.